The highest BCUT2D eigenvalue weighted by molar-refractivity contribution is 5.81. The average Bonchev–Trinajstić information content (AvgIpc) is 3.02. The van der Waals surface area contributed by atoms with E-state index in [9.17, 15) is 19.2 Å². The number of likely N-dealkylation sites (tertiary alicyclic amines) is 1. The van der Waals surface area contributed by atoms with Crippen molar-refractivity contribution < 1.29 is 28.6 Å². The second-order valence-corrected chi connectivity index (χ2v) is 10.1. The highest BCUT2D eigenvalue weighted by atomic mass is 16.7. The van der Waals surface area contributed by atoms with Crippen LogP contribution in [0, 0.1) is 0 Å². The lowest BCUT2D eigenvalue weighted by Crippen LogP contribution is -2.53. The number of carbonyl (C=O) groups excluding carboxylic acids is 3. The third-order valence-electron chi connectivity index (χ3n) is 7.12. The fourth-order valence-electron chi connectivity index (χ4n) is 5.01. The number of ketones is 1. The number of hydrogen-bond donors (Lipinski definition) is 0. The van der Waals surface area contributed by atoms with Gasteiger partial charge in [0.05, 0.1) is 29.8 Å². The topological polar surface area (TPSA) is 117 Å². The maximum absolute atomic E-state index is 13.3. The summed E-state index contributed by atoms with van der Waals surface area (Å²) in [5.74, 6) is -0.326. The molecule has 0 unspecified atom stereocenters. The molecule has 1 fully saturated rings. The van der Waals surface area contributed by atoms with Crippen LogP contribution < -0.4 is 5.56 Å². The number of hydrogen-bond acceptors (Lipinski definition) is 8. The molecule has 2 heterocycles. The SMILES string of the molecule is O=C(C[C@@H]1[C@@H](OC(=O)OCc2ccccc2)CCCN1C(=O)OCc1ccccc1)Cn1cnc2ccccc2c1=O. The predicted molar refractivity (Wildman–Crippen MR) is 153 cm³/mol. The van der Waals surface area contributed by atoms with E-state index in [1.54, 1.807) is 24.3 Å². The van der Waals surface area contributed by atoms with Crippen LogP contribution in [0.1, 0.15) is 30.4 Å². The third-order valence-corrected chi connectivity index (χ3v) is 7.12. The maximum Gasteiger partial charge on any atom is 0.508 e. The summed E-state index contributed by atoms with van der Waals surface area (Å²) in [6, 6.07) is 24.5. The van der Waals surface area contributed by atoms with Gasteiger partial charge < -0.3 is 19.1 Å². The van der Waals surface area contributed by atoms with Crippen LogP contribution in [0.5, 0.6) is 0 Å². The van der Waals surface area contributed by atoms with E-state index in [0.29, 0.717) is 30.3 Å². The Morgan fingerprint density at radius 3 is 2.19 bits per heavy atom. The molecular weight excluding hydrogens is 538 g/mol. The van der Waals surface area contributed by atoms with Crippen LogP contribution in [-0.2, 0) is 38.8 Å². The summed E-state index contributed by atoms with van der Waals surface area (Å²) in [7, 11) is 0. The number of carbonyl (C=O) groups is 3. The van der Waals surface area contributed by atoms with Gasteiger partial charge in [-0.1, -0.05) is 72.8 Å². The number of amides is 1. The van der Waals surface area contributed by atoms with Crippen LogP contribution >= 0.6 is 0 Å². The average molecular weight is 570 g/mol. The summed E-state index contributed by atoms with van der Waals surface area (Å²) in [5, 5.41) is 0.402. The number of nitrogens with zero attached hydrogens (tertiary/aromatic N) is 3. The predicted octanol–water partition coefficient (Wildman–Crippen LogP) is 4.88. The van der Waals surface area contributed by atoms with Crippen LogP contribution in [0.25, 0.3) is 10.9 Å². The maximum atomic E-state index is 13.3. The Bertz CT molecular complexity index is 1590. The van der Waals surface area contributed by atoms with Gasteiger partial charge in [-0.3, -0.25) is 14.2 Å². The third kappa shape index (κ3) is 7.20. The monoisotopic (exact) mass is 569 g/mol. The first-order valence-electron chi connectivity index (χ1n) is 13.8. The lowest BCUT2D eigenvalue weighted by molar-refractivity contribution is -0.123. The van der Waals surface area contributed by atoms with Crippen molar-refractivity contribution in [2.24, 2.45) is 0 Å². The van der Waals surface area contributed by atoms with Crippen molar-refractivity contribution in [2.75, 3.05) is 6.54 Å². The molecule has 216 valence electrons. The van der Waals surface area contributed by atoms with Gasteiger partial charge >= 0.3 is 12.2 Å². The molecule has 0 N–H and O–H groups in total. The van der Waals surface area contributed by atoms with Gasteiger partial charge in [0.2, 0.25) is 0 Å². The molecule has 10 heteroatoms. The zero-order chi connectivity index (χ0) is 29.3. The number of Topliss-reactive ketones (excluding diaryl/α,β-unsaturated/α-hetero) is 1. The Morgan fingerprint density at radius 2 is 1.48 bits per heavy atom. The number of fused-ring (bicyclic) bond motifs is 1. The van der Waals surface area contributed by atoms with E-state index in [1.165, 1.54) is 15.8 Å². The molecule has 42 heavy (non-hydrogen) atoms. The zero-order valence-corrected chi connectivity index (χ0v) is 23.0. The highest BCUT2D eigenvalue weighted by Crippen LogP contribution is 2.25. The number of para-hydroxylation sites is 1. The van der Waals surface area contributed by atoms with Gasteiger partial charge in [0, 0.05) is 13.0 Å². The Kier molecular flexibility index (Phi) is 9.23. The minimum Gasteiger partial charge on any atom is -0.445 e. The molecular formula is C32H31N3O7. The lowest BCUT2D eigenvalue weighted by atomic mass is 9.94. The van der Waals surface area contributed by atoms with Gasteiger partial charge in [0.15, 0.2) is 5.78 Å². The summed E-state index contributed by atoms with van der Waals surface area (Å²) in [4.78, 5) is 57.8. The molecule has 1 aromatic heterocycles. The van der Waals surface area contributed by atoms with Gasteiger partial charge in [-0.2, -0.15) is 0 Å². The lowest BCUT2D eigenvalue weighted by Gasteiger charge is -2.39. The summed E-state index contributed by atoms with van der Waals surface area (Å²) in [6.07, 6.45) is -0.168. The van der Waals surface area contributed by atoms with Crippen LogP contribution in [0.15, 0.2) is 96.1 Å². The molecule has 0 saturated carbocycles. The van der Waals surface area contributed by atoms with Crippen molar-refractivity contribution in [3.8, 4) is 0 Å². The molecule has 3 aromatic carbocycles. The largest absolute Gasteiger partial charge is 0.508 e. The van der Waals surface area contributed by atoms with E-state index in [1.807, 2.05) is 60.7 Å². The van der Waals surface area contributed by atoms with Gasteiger partial charge in [-0.05, 0) is 36.1 Å². The van der Waals surface area contributed by atoms with E-state index in [-0.39, 0.29) is 37.5 Å². The van der Waals surface area contributed by atoms with Crippen LogP contribution in [0.3, 0.4) is 0 Å². The number of aromatic nitrogens is 2. The molecule has 1 aliphatic rings. The molecule has 2 atom stereocenters. The van der Waals surface area contributed by atoms with E-state index in [0.717, 1.165) is 11.1 Å². The van der Waals surface area contributed by atoms with Gasteiger partial charge in [-0.15, -0.1) is 0 Å². The molecule has 0 aliphatic carbocycles. The van der Waals surface area contributed by atoms with Crippen molar-refractivity contribution in [3.05, 3.63) is 113 Å². The van der Waals surface area contributed by atoms with Crippen molar-refractivity contribution in [2.45, 2.75) is 51.2 Å². The number of benzene rings is 3. The van der Waals surface area contributed by atoms with Crippen molar-refractivity contribution >= 4 is 28.9 Å². The second kappa shape index (κ2) is 13.6. The van der Waals surface area contributed by atoms with Gasteiger partial charge in [-0.25, -0.2) is 14.6 Å². The molecule has 0 bridgehead atoms. The first-order valence-corrected chi connectivity index (χ1v) is 13.8. The molecule has 1 aliphatic heterocycles. The highest BCUT2D eigenvalue weighted by Gasteiger charge is 2.39. The number of rotatable bonds is 9. The standard InChI is InChI=1S/C32H31N3O7/c36-25(19-34-22-33-27-15-8-7-14-26(27)30(34)37)18-28-29(42-32(39)41-21-24-12-5-2-6-13-24)16-9-17-35(28)31(38)40-20-23-10-3-1-4-11-23/h1-8,10-15,22,28-29H,9,16-21H2/t28-,29+/m1/s1. The van der Waals surface area contributed by atoms with Crippen molar-refractivity contribution in [1.82, 2.24) is 14.5 Å². The summed E-state index contributed by atoms with van der Waals surface area (Å²) < 4.78 is 17.8. The van der Waals surface area contributed by atoms with E-state index < -0.39 is 24.4 Å². The molecule has 1 amide bonds. The fraction of sp³-hybridized carbons (Fsp3) is 0.281. The Morgan fingerprint density at radius 1 is 0.833 bits per heavy atom. The van der Waals surface area contributed by atoms with E-state index in [4.69, 9.17) is 14.2 Å². The zero-order valence-electron chi connectivity index (χ0n) is 23.0. The summed E-state index contributed by atoms with van der Waals surface area (Å²) in [5.41, 5.74) is 1.81. The quantitative estimate of drug-likeness (QED) is 0.262. The van der Waals surface area contributed by atoms with E-state index >= 15 is 0 Å². The number of piperidine rings is 1. The van der Waals surface area contributed by atoms with Crippen molar-refractivity contribution in [3.63, 3.8) is 0 Å². The minimum absolute atomic E-state index is 0.0245. The van der Waals surface area contributed by atoms with E-state index in [2.05, 4.69) is 4.98 Å². The normalized spacial score (nSPS) is 16.5. The molecule has 0 spiro atoms. The summed E-state index contributed by atoms with van der Waals surface area (Å²) >= 11 is 0. The van der Waals surface area contributed by atoms with Crippen molar-refractivity contribution in [1.29, 1.82) is 0 Å². The molecule has 10 nitrogen and oxygen atoms in total. The Labute approximate surface area is 242 Å². The molecule has 1 saturated heterocycles. The van der Waals surface area contributed by atoms with Crippen LogP contribution in [0.4, 0.5) is 9.59 Å². The summed E-state index contributed by atoms with van der Waals surface area (Å²) in [6.45, 7) is 0.156. The molecule has 4 aromatic rings. The Balaban J connectivity index is 1.30. The Hall–Kier alpha value is -4.99. The van der Waals surface area contributed by atoms with Gasteiger partial charge in [0.1, 0.15) is 19.3 Å². The number of ether oxygens (including phenoxy) is 3. The van der Waals surface area contributed by atoms with Crippen LogP contribution in [0.2, 0.25) is 0 Å². The minimum atomic E-state index is -0.893. The second-order valence-electron chi connectivity index (χ2n) is 10.1. The molecule has 0 radical (unpaired) electrons. The smallest absolute Gasteiger partial charge is 0.445 e. The first-order chi connectivity index (χ1) is 20.5. The first kappa shape index (κ1) is 28.5. The van der Waals surface area contributed by atoms with Gasteiger partial charge in [0.25, 0.3) is 5.56 Å². The molecule has 5 rings (SSSR count). The fourth-order valence-corrected chi connectivity index (χ4v) is 5.01. The van der Waals surface area contributed by atoms with Crippen LogP contribution in [-0.4, -0.2) is 51.2 Å².